The van der Waals surface area contributed by atoms with Crippen LogP contribution in [-0.2, 0) is 14.3 Å². The highest BCUT2D eigenvalue weighted by molar-refractivity contribution is 5.89. The lowest BCUT2D eigenvalue weighted by molar-refractivity contribution is -0.136. The quantitative estimate of drug-likeness (QED) is 0.681. The number of carbonyl (C=O) groups excluding carboxylic acids is 2. The lowest BCUT2D eigenvalue weighted by Crippen LogP contribution is -2.49. The van der Waals surface area contributed by atoms with Gasteiger partial charge in [-0.2, -0.15) is 0 Å². The van der Waals surface area contributed by atoms with Crippen LogP contribution in [-0.4, -0.2) is 69.0 Å². The van der Waals surface area contributed by atoms with E-state index < -0.39 is 0 Å². The van der Waals surface area contributed by atoms with E-state index >= 15 is 0 Å². The minimum absolute atomic E-state index is 0.0175. The molecular weight excluding hydrogens is 338 g/mol. The first-order chi connectivity index (χ1) is 12.6. The van der Waals surface area contributed by atoms with Gasteiger partial charge in [0, 0.05) is 44.9 Å². The standard InChI is InChI=1S/C18H27N3O5/c1-3-24-9-10-26-16-6-4-5-15(11-16)20-18(23)19-12-17-13-21(14(2)22)7-8-25-17/h4-6,11,17H,3,7-10,12-13H2,1-2H3,(H2,19,20,23)/t17-/m1/s1. The van der Waals surface area contributed by atoms with Crippen molar-refractivity contribution in [1.82, 2.24) is 10.2 Å². The zero-order valence-electron chi connectivity index (χ0n) is 15.3. The zero-order chi connectivity index (χ0) is 18.8. The van der Waals surface area contributed by atoms with Crippen LogP contribution in [0.2, 0.25) is 0 Å². The highest BCUT2D eigenvalue weighted by Crippen LogP contribution is 2.17. The molecule has 0 spiro atoms. The van der Waals surface area contributed by atoms with Gasteiger partial charge in [-0.1, -0.05) is 6.07 Å². The monoisotopic (exact) mass is 365 g/mol. The van der Waals surface area contributed by atoms with Gasteiger partial charge in [-0.3, -0.25) is 4.79 Å². The first kappa shape index (κ1) is 20.0. The van der Waals surface area contributed by atoms with Crippen molar-refractivity contribution in [3.8, 4) is 5.75 Å². The Balaban J connectivity index is 1.74. The van der Waals surface area contributed by atoms with Gasteiger partial charge in [0.1, 0.15) is 12.4 Å². The summed E-state index contributed by atoms with van der Waals surface area (Å²) in [6, 6.07) is 6.82. The molecule has 1 aliphatic rings. The van der Waals surface area contributed by atoms with Crippen LogP contribution < -0.4 is 15.4 Å². The average Bonchev–Trinajstić information content (AvgIpc) is 2.64. The summed E-state index contributed by atoms with van der Waals surface area (Å²) in [7, 11) is 0. The van der Waals surface area contributed by atoms with Gasteiger partial charge >= 0.3 is 6.03 Å². The molecule has 1 aromatic rings. The van der Waals surface area contributed by atoms with Gasteiger partial charge in [-0.25, -0.2) is 4.79 Å². The van der Waals surface area contributed by atoms with Crippen LogP contribution in [0.15, 0.2) is 24.3 Å². The number of benzene rings is 1. The second-order valence-electron chi connectivity index (χ2n) is 5.87. The molecule has 0 radical (unpaired) electrons. The number of anilines is 1. The number of nitrogens with zero attached hydrogens (tertiary/aromatic N) is 1. The summed E-state index contributed by atoms with van der Waals surface area (Å²) in [6.07, 6.45) is -0.202. The van der Waals surface area contributed by atoms with E-state index in [-0.39, 0.29) is 18.0 Å². The molecule has 3 amide bonds. The largest absolute Gasteiger partial charge is 0.491 e. The lowest BCUT2D eigenvalue weighted by Gasteiger charge is -2.32. The smallest absolute Gasteiger partial charge is 0.319 e. The molecule has 0 aliphatic carbocycles. The molecule has 1 saturated heterocycles. The summed E-state index contributed by atoms with van der Waals surface area (Å²) in [5.74, 6) is 0.680. The number of amides is 3. The van der Waals surface area contributed by atoms with Gasteiger partial charge in [0.25, 0.3) is 0 Å². The van der Waals surface area contributed by atoms with Crippen molar-refractivity contribution >= 4 is 17.6 Å². The van der Waals surface area contributed by atoms with Crippen molar-refractivity contribution in [3.63, 3.8) is 0 Å². The third kappa shape index (κ3) is 6.89. The van der Waals surface area contributed by atoms with E-state index in [4.69, 9.17) is 14.2 Å². The fourth-order valence-electron chi connectivity index (χ4n) is 2.54. The minimum atomic E-state index is -0.333. The van der Waals surface area contributed by atoms with E-state index in [1.54, 1.807) is 23.1 Å². The van der Waals surface area contributed by atoms with Crippen LogP contribution in [0.4, 0.5) is 10.5 Å². The number of morpholine rings is 1. The Morgan fingerprint density at radius 3 is 2.96 bits per heavy atom. The zero-order valence-corrected chi connectivity index (χ0v) is 15.3. The fourth-order valence-corrected chi connectivity index (χ4v) is 2.54. The maximum absolute atomic E-state index is 12.1. The van der Waals surface area contributed by atoms with Gasteiger partial charge in [-0.15, -0.1) is 0 Å². The van der Waals surface area contributed by atoms with Crippen LogP contribution in [0, 0.1) is 0 Å². The Labute approximate surface area is 153 Å². The van der Waals surface area contributed by atoms with E-state index in [9.17, 15) is 9.59 Å². The third-order valence-electron chi connectivity index (χ3n) is 3.87. The Morgan fingerprint density at radius 2 is 2.19 bits per heavy atom. The summed E-state index contributed by atoms with van der Waals surface area (Å²) in [5.41, 5.74) is 0.631. The van der Waals surface area contributed by atoms with Gasteiger partial charge < -0.3 is 29.7 Å². The number of carbonyl (C=O) groups is 2. The molecular formula is C18H27N3O5. The number of urea groups is 1. The SMILES string of the molecule is CCOCCOc1cccc(NC(=O)NC[C@@H]2CN(C(C)=O)CCO2)c1. The Kier molecular flexibility index (Phi) is 8.17. The molecule has 1 heterocycles. The lowest BCUT2D eigenvalue weighted by atomic mass is 10.2. The molecule has 1 aliphatic heterocycles. The van der Waals surface area contributed by atoms with Crippen LogP contribution in [0.1, 0.15) is 13.8 Å². The predicted molar refractivity (Wildman–Crippen MR) is 97.4 cm³/mol. The molecule has 144 valence electrons. The summed E-state index contributed by atoms with van der Waals surface area (Å²) in [5, 5.41) is 5.53. The predicted octanol–water partition coefficient (Wildman–Crippen LogP) is 1.47. The maximum Gasteiger partial charge on any atom is 0.319 e. The first-order valence-electron chi connectivity index (χ1n) is 8.81. The van der Waals surface area contributed by atoms with E-state index in [2.05, 4.69) is 10.6 Å². The number of hydrogen-bond donors (Lipinski definition) is 2. The Bertz CT molecular complexity index is 596. The van der Waals surface area contributed by atoms with Gasteiger partial charge in [0.15, 0.2) is 0 Å². The molecule has 2 N–H and O–H groups in total. The van der Waals surface area contributed by atoms with E-state index in [1.807, 2.05) is 13.0 Å². The molecule has 2 rings (SSSR count). The first-order valence-corrected chi connectivity index (χ1v) is 8.81. The number of hydrogen-bond acceptors (Lipinski definition) is 5. The summed E-state index contributed by atoms with van der Waals surface area (Å²) in [6.45, 7) is 6.98. The Hall–Kier alpha value is -2.32. The molecule has 0 unspecified atom stereocenters. The van der Waals surface area contributed by atoms with Gasteiger partial charge in [-0.05, 0) is 19.1 Å². The molecule has 8 heteroatoms. The average molecular weight is 365 g/mol. The molecule has 1 atom stereocenters. The molecule has 26 heavy (non-hydrogen) atoms. The summed E-state index contributed by atoms with van der Waals surface area (Å²) < 4.78 is 16.4. The Morgan fingerprint density at radius 1 is 1.35 bits per heavy atom. The summed E-state index contributed by atoms with van der Waals surface area (Å²) >= 11 is 0. The van der Waals surface area contributed by atoms with Crippen LogP contribution in [0.5, 0.6) is 5.75 Å². The van der Waals surface area contributed by atoms with Gasteiger partial charge in [0.05, 0.1) is 19.3 Å². The normalized spacial score (nSPS) is 16.8. The molecule has 0 saturated carbocycles. The summed E-state index contributed by atoms with van der Waals surface area (Å²) in [4.78, 5) is 25.2. The minimum Gasteiger partial charge on any atom is -0.491 e. The molecule has 0 aromatic heterocycles. The third-order valence-corrected chi connectivity index (χ3v) is 3.87. The van der Waals surface area contributed by atoms with Gasteiger partial charge in [0.2, 0.25) is 5.91 Å². The van der Waals surface area contributed by atoms with Crippen LogP contribution in [0.25, 0.3) is 0 Å². The number of ether oxygens (including phenoxy) is 3. The second kappa shape index (κ2) is 10.6. The van der Waals surface area contributed by atoms with Crippen molar-refractivity contribution in [2.24, 2.45) is 0 Å². The molecule has 1 fully saturated rings. The number of rotatable bonds is 8. The van der Waals surface area contributed by atoms with Crippen molar-refractivity contribution in [2.45, 2.75) is 20.0 Å². The van der Waals surface area contributed by atoms with Crippen molar-refractivity contribution in [2.75, 3.05) is 51.4 Å². The van der Waals surface area contributed by atoms with E-state index in [0.29, 0.717) is 57.5 Å². The molecule has 0 bridgehead atoms. The molecule has 8 nitrogen and oxygen atoms in total. The maximum atomic E-state index is 12.1. The van der Waals surface area contributed by atoms with Crippen molar-refractivity contribution in [3.05, 3.63) is 24.3 Å². The fraction of sp³-hybridized carbons (Fsp3) is 0.556. The number of nitrogens with one attached hydrogen (secondary N) is 2. The topological polar surface area (TPSA) is 89.1 Å². The highest BCUT2D eigenvalue weighted by atomic mass is 16.5. The highest BCUT2D eigenvalue weighted by Gasteiger charge is 2.22. The van der Waals surface area contributed by atoms with E-state index in [1.165, 1.54) is 6.92 Å². The van der Waals surface area contributed by atoms with Crippen LogP contribution >= 0.6 is 0 Å². The molecule has 1 aromatic carbocycles. The van der Waals surface area contributed by atoms with E-state index in [0.717, 1.165) is 0 Å². The van der Waals surface area contributed by atoms with Crippen molar-refractivity contribution in [1.29, 1.82) is 0 Å². The van der Waals surface area contributed by atoms with Crippen molar-refractivity contribution < 1.29 is 23.8 Å². The second-order valence-corrected chi connectivity index (χ2v) is 5.87. The van der Waals surface area contributed by atoms with Crippen LogP contribution in [0.3, 0.4) is 0 Å².